The van der Waals surface area contributed by atoms with Gasteiger partial charge in [0.15, 0.2) is 6.10 Å². The molecule has 1 aliphatic rings. The third-order valence-electron chi connectivity index (χ3n) is 4.38. The van der Waals surface area contributed by atoms with Gasteiger partial charge in [-0.1, -0.05) is 24.3 Å². The molecule has 25 heavy (non-hydrogen) atoms. The number of amides is 1. The number of rotatable bonds is 4. The number of hydrogen-bond donors (Lipinski definition) is 2. The van der Waals surface area contributed by atoms with Gasteiger partial charge in [-0.25, -0.2) is 4.98 Å². The van der Waals surface area contributed by atoms with Crippen molar-refractivity contribution in [3.05, 3.63) is 54.4 Å². The third-order valence-corrected chi connectivity index (χ3v) is 4.38. The van der Waals surface area contributed by atoms with E-state index in [-0.39, 0.29) is 5.91 Å². The second-order valence-electron chi connectivity index (χ2n) is 6.20. The van der Waals surface area contributed by atoms with Gasteiger partial charge in [-0.05, 0) is 24.3 Å². The first kappa shape index (κ1) is 15.5. The number of hydrogen-bond acceptors (Lipinski definition) is 4. The zero-order valence-corrected chi connectivity index (χ0v) is 14.0. The van der Waals surface area contributed by atoms with Gasteiger partial charge in [0.2, 0.25) is 0 Å². The van der Waals surface area contributed by atoms with Crippen LogP contribution in [0.1, 0.15) is 5.82 Å². The van der Waals surface area contributed by atoms with E-state index in [1.807, 2.05) is 60.5 Å². The number of H-pyrrole nitrogens is 1. The van der Waals surface area contributed by atoms with E-state index in [4.69, 9.17) is 4.74 Å². The summed E-state index contributed by atoms with van der Waals surface area (Å²) >= 11 is 0. The molecule has 0 saturated heterocycles. The molecule has 0 fully saturated rings. The number of anilines is 1. The SMILES string of the molecule is CN1C[C@H](C(=O)NCCc2nc3ccccc3[nH]2)Oc2ccccc21. The maximum Gasteiger partial charge on any atom is 0.262 e. The number of imidazole rings is 1. The molecule has 3 aromatic rings. The number of carbonyl (C=O) groups is 1. The van der Waals surface area contributed by atoms with E-state index in [1.165, 1.54) is 0 Å². The van der Waals surface area contributed by atoms with Crippen LogP contribution in [0.2, 0.25) is 0 Å². The smallest absolute Gasteiger partial charge is 0.262 e. The van der Waals surface area contributed by atoms with E-state index < -0.39 is 6.10 Å². The Morgan fingerprint density at radius 1 is 1.28 bits per heavy atom. The molecule has 0 bridgehead atoms. The minimum atomic E-state index is -0.504. The van der Waals surface area contributed by atoms with Gasteiger partial charge in [-0.15, -0.1) is 0 Å². The van der Waals surface area contributed by atoms with Gasteiger partial charge in [0.25, 0.3) is 5.91 Å². The second-order valence-corrected chi connectivity index (χ2v) is 6.20. The lowest BCUT2D eigenvalue weighted by Crippen LogP contribution is -2.48. The van der Waals surface area contributed by atoms with Crippen molar-refractivity contribution in [2.24, 2.45) is 0 Å². The quantitative estimate of drug-likeness (QED) is 0.766. The highest BCUT2D eigenvalue weighted by molar-refractivity contribution is 5.83. The van der Waals surface area contributed by atoms with Crippen LogP contribution in [0.5, 0.6) is 5.75 Å². The van der Waals surface area contributed by atoms with Crippen molar-refractivity contribution in [1.29, 1.82) is 0 Å². The lowest BCUT2D eigenvalue weighted by molar-refractivity contribution is -0.127. The number of nitrogens with zero attached hydrogens (tertiary/aromatic N) is 2. The third kappa shape index (κ3) is 3.15. The topological polar surface area (TPSA) is 70.2 Å². The summed E-state index contributed by atoms with van der Waals surface area (Å²) < 4.78 is 5.84. The van der Waals surface area contributed by atoms with Crippen LogP contribution in [0.15, 0.2) is 48.5 Å². The number of aromatic amines is 1. The average molecular weight is 336 g/mol. The van der Waals surface area contributed by atoms with Crippen LogP contribution in [0.4, 0.5) is 5.69 Å². The molecule has 2 aromatic carbocycles. The zero-order chi connectivity index (χ0) is 17.2. The van der Waals surface area contributed by atoms with Crippen molar-refractivity contribution in [2.45, 2.75) is 12.5 Å². The first-order chi connectivity index (χ1) is 12.2. The fraction of sp³-hybridized carbons (Fsp3) is 0.263. The number of benzene rings is 2. The largest absolute Gasteiger partial charge is 0.477 e. The summed E-state index contributed by atoms with van der Waals surface area (Å²) in [5.74, 6) is 1.51. The number of aromatic nitrogens is 2. The number of para-hydroxylation sites is 4. The maximum atomic E-state index is 12.4. The lowest BCUT2D eigenvalue weighted by atomic mass is 10.2. The van der Waals surface area contributed by atoms with Crippen LogP contribution in [0.3, 0.4) is 0 Å². The highest BCUT2D eigenvalue weighted by atomic mass is 16.5. The molecule has 6 heteroatoms. The van der Waals surface area contributed by atoms with Crippen molar-refractivity contribution >= 4 is 22.6 Å². The number of carbonyl (C=O) groups excluding carboxylic acids is 1. The van der Waals surface area contributed by atoms with Crippen molar-refractivity contribution < 1.29 is 9.53 Å². The van der Waals surface area contributed by atoms with E-state index in [9.17, 15) is 4.79 Å². The summed E-state index contributed by atoms with van der Waals surface area (Å²) in [6.07, 6.45) is 0.148. The van der Waals surface area contributed by atoms with Gasteiger partial charge in [0, 0.05) is 20.0 Å². The Morgan fingerprint density at radius 3 is 2.96 bits per heavy atom. The van der Waals surface area contributed by atoms with Crippen LogP contribution in [-0.4, -0.2) is 42.1 Å². The Bertz CT molecular complexity index is 872. The van der Waals surface area contributed by atoms with Crippen LogP contribution in [0.25, 0.3) is 11.0 Å². The van der Waals surface area contributed by atoms with Crippen molar-refractivity contribution in [1.82, 2.24) is 15.3 Å². The van der Waals surface area contributed by atoms with Gasteiger partial charge in [-0.2, -0.15) is 0 Å². The van der Waals surface area contributed by atoms with Gasteiger partial charge in [0.1, 0.15) is 11.6 Å². The van der Waals surface area contributed by atoms with Crippen molar-refractivity contribution in [3.63, 3.8) is 0 Å². The molecular weight excluding hydrogens is 316 g/mol. The molecule has 1 amide bonds. The fourth-order valence-corrected chi connectivity index (χ4v) is 3.09. The summed E-state index contributed by atoms with van der Waals surface area (Å²) in [6, 6.07) is 15.7. The van der Waals surface area contributed by atoms with Crippen LogP contribution in [-0.2, 0) is 11.2 Å². The standard InChI is InChI=1S/C19H20N4O2/c1-23-12-17(25-16-9-5-4-8-15(16)23)19(24)20-11-10-18-21-13-6-2-3-7-14(13)22-18/h2-9,17H,10-12H2,1H3,(H,20,24)(H,21,22)/t17-/m1/s1. The summed E-state index contributed by atoms with van der Waals surface area (Å²) in [5.41, 5.74) is 2.96. The Kier molecular flexibility index (Phi) is 4.01. The predicted molar refractivity (Wildman–Crippen MR) is 96.9 cm³/mol. The summed E-state index contributed by atoms with van der Waals surface area (Å²) in [7, 11) is 1.97. The van der Waals surface area contributed by atoms with Crippen molar-refractivity contribution in [3.8, 4) is 5.75 Å². The van der Waals surface area contributed by atoms with Crippen LogP contribution < -0.4 is 15.0 Å². The monoisotopic (exact) mass is 336 g/mol. The van der Waals surface area contributed by atoms with Crippen LogP contribution in [0, 0.1) is 0 Å². The molecule has 2 N–H and O–H groups in total. The van der Waals surface area contributed by atoms with Gasteiger partial charge in [0.05, 0.1) is 23.3 Å². The highest BCUT2D eigenvalue weighted by Gasteiger charge is 2.28. The summed E-state index contributed by atoms with van der Waals surface area (Å²) in [4.78, 5) is 22.3. The Hall–Kier alpha value is -3.02. The zero-order valence-electron chi connectivity index (χ0n) is 14.0. The minimum Gasteiger partial charge on any atom is -0.477 e. The molecule has 0 spiro atoms. The Morgan fingerprint density at radius 2 is 2.08 bits per heavy atom. The fourth-order valence-electron chi connectivity index (χ4n) is 3.09. The molecule has 1 aliphatic heterocycles. The Balaban J connectivity index is 1.35. The van der Waals surface area contributed by atoms with E-state index in [0.717, 1.165) is 28.3 Å². The van der Waals surface area contributed by atoms with E-state index in [1.54, 1.807) is 0 Å². The molecule has 2 heterocycles. The predicted octanol–water partition coefficient (Wildman–Crippen LogP) is 2.12. The second kappa shape index (κ2) is 6.47. The molecule has 4 rings (SSSR count). The Labute approximate surface area is 145 Å². The molecular formula is C19H20N4O2. The normalized spacial score (nSPS) is 16.4. The molecule has 0 radical (unpaired) electrons. The van der Waals surface area contributed by atoms with E-state index in [2.05, 4.69) is 15.3 Å². The average Bonchev–Trinajstić information content (AvgIpc) is 3.04. The summed E-state index contributed by atoms with van der Waals surface area (Å²) in [5, 5.41) is 2.95. The molecule has 128 valence electrons. The maximum absolute atomic E-state index is 12.4. The first-order valence-corrected chi connectivity index (χ1v) is 8.39. The highest BCUT2D eigenvalue weighted by Crippen LogP contribution is 2.31. The minimum absolute atomic E-state index is 0.0996. The number of ether oxygens (including phenoxy) is 1. The molecule has 0 unspecified atom stereocenters. The van der Waals surface area contributed by atoms with Crippen LogP contribution >= 0.6 is 0 Å². The number of fused-ring (bicyclic) bond motifs is 2. The van der Waals surface area contributed by atoms with Crippen molar-refractivity contribution in [2.75, 3.05) is 25.0 Å². The first-order valence-electron chi connectivity index (χ1n) is 8.39. The lowest BCUT2D eigenvalue weighted by Gasteiger charge is -2.32. The van der Waals surface area contributed by atoms with Gasteiger partial charge in [-0.3, -0.25) is 4.79 Å². The van der Waals surface area contributed by atoms with Gasteiger partial charge < -0.3 is 19.9 Å². The van der Waals surface area contributed by atoms with E-state index in [0.29, 0.717) is 19.5 Å². The summed E-state index contributed by atoms with van der Waals surface area (Å²) in [6.45, 7) is 1.05. The molecule has 6 nitrogen and oxygen atoms in total. The molecule has 1 aromatic heterocycles. The molecule has 1 atom stereocenters. The number of nitrogens with one attached hydrogen (secondary N) is 2. The van der Waals surface area contributed by atoms with Gasteiger partial charge >= 0.3 is 0 Å². The molecule has 0 aliphatic carbocycles. The number of likely N-dealkylation sites (N-methyl/N-ethyl adjacent to an activating group) is 1. The van der Waals surface area contributed by atoms with E-state index >= 15 is 0 Å². The molecule has 0 saturated carbocycles.